The maximum atomic E-state index is 5.91. The van der Waals surface area contributed by atoms with E-state index in [1.54, 1.807) is 6.20 Å². The molecule has 0 unspecified atom stereocenters. The predicted octanol–water partition coefficient (Wildman–Crippen LogP) is 2.89. The molecule has 8 heteroatoms. The number of aromatic nitrogens is 5. The van der Waals surface area contributed by atoms with Gasteiger partial charge in [-0.2, -0.15) is 0 Å². The molecule has 1 fully saturated rings. The maximum absolute atomic E-state index is 5.91. The van der Waals surface area contributed by atoms with Gasteiger partial charge in [0.2, 0.25) is 5.95 Å². The molecule has 5 heterocycles. The van der Waals surface area contributed by atoms with Gasteiger partial charge in [0.05, 0.1) is 30.3 Å². The van der Waals surface area contributed by atoms with Crippen molar-refractivity contribution in [1.29, 1.82) is 0 Å². The van der Waals surface area contributed by atoms with E-state index in [1.165, 1.54) is 0 Å². The molecule has 1 saturated heterocycles. The first-order valence-electron chi connectivity index (χ1n) is 9.98. The molecule has 30 heavy (non-hydrogen) atoms. The van der Waals surface area contributed by atoms with Crippen LogP contribution in [0.5, 0.6) is 0 Å². The monoisotopic (exact) mass is 401 g/mol. The lowest BCUT2D eigenvalue weighted by Gasteiger charge is -2.29. The number of hydrogen-bond acceptors (Lipinski definition) is 7. The van der Waals surface area contributed by atoms with Gasteiger partial charge < -0.3 is 15.4 Å². The molecule has 4 aromatic rings. The summed E-state index contributed by atoms with van der Waals surface area (Å²) in [4.78, 5) is 20.7. The van der Waals surface area contributed by atoms with Gasteiger partial charge in [-0.25, -0.2) is 15.0 Å². The molecule has 0 aromatic carbocycles. The van der Waals surface area contributed by atoms with Crippen LogP contribution in [0.1, 0.15) is 11.3 Å². The van der Waals surface area contributed by atoms with Crippen LogP contribution in [0.4, 0.5) is 11.6 Å². The van der Waals surface area contributed by atoms with Crippen molar-refractivity contribution in [2.75, 3.05) is 36.9 Å². The molecule has 1 aliphatic rings. The Balaban J connectivity index is 1.82. The Morgan fingerprint density at radius 3 is 2.60 bits per heavy atom. The second kappa shape index (κ2) is 7.38. The molecule has 0 aliphatic carbocycles. The SMILES string of the molecule is Cc1cc(N2CCOCC2)c2nc(-c3cccc(C)n3)c(-c3ccnc(N)n3)n2c1. The lowest BCUT2D eigenvalue weighted by molar-refractivity contribution is 0.123. The van der Waals surface area contributed by atoms with Crippen LogP contribution in [0.3, 0.4) is 0 Å². The van der Waals surface area contributed by atoms with Crippen LogP contribution < -0.4 is 10.6 Å². The molecule has 0 radical (unpaired) electrons. The van der Waals surface area contributed by atoms with E-state index < -0.39 is 0 Å². The second-order valence-corrected chi connectivity index (χ2v) is 7.47. The van der Waals surface area contributed by atoms with Crippen LogP contribution >= 0.6 is 0 Å². The highest BCUT2D eigenvalue weighted by Gasteiger charge is 2.23. The Morgan fingerprint density at radius 2 is 1.83 bits per heavy atom. The van der Waals surface area contributed by atoms with E-state index in [0.29, 0.717) is 18.9 Å². The molecule has 2 N–H and O–H groups in total. The lowest BCUT2D eigenvalue weighted by Crippen LogP contribution is -2.36. The fourth-order valence-electron chi connectivity index (χ4n) is 3.90. The summed E-state index contributed by atoms with van der Waals surface area (Å²) in [6, 6.07) is 9.98. The minimum atomic E-state index is 0.228. The number of morpholine rings is 1. The summed E-state index contributed by atoms with van der Waals surface area (Å²) in [7, 11) is 0. The third-order valence-corrected chi connectivity index (χ3v) is 5.24. The molecule has 0 atom stereocenters. The topological polar surface area (TPSA) is 94.5 Å². The molecule has 0 bridgehead atoms. The summed E-state index contributed by atoms with van der Waals surface area (Å²) >= 11 is 0. The first-order valence-corrected chi connectivity index (χ1v) is 9.98. The van der Waals surface area contributed by atoms with Crippen molar-refractivity contribution in [2.45, 2.75) is 13.8 Å². The number of pyridine rings is 2. The minimum absolute atomic E-state index is 0.228. The van der Waals surface area contributed by atoms with Gasteiger partial charge in [-0.05, 0) is 43.7 Å². The van der Waals surface area contributed by atoms with Gasteiger partial charge in [0.15, 0.2) is 5.65 Å². The molecular formula is C22H23N7O. The van der Waals surface area contributed by atoms with E-state index >= 15 is 0 Å². The average Bonchev–Trinajstić information content (AvgIpc) is 3.13. The molecule has 0 spiro atoms. The van der Waals surface area contributed by atoms with Crippen molar-refractivity contribution in [2.24, 2.45) is 0 Å². The van der Waals surface area contributed by atoms with E-state index in [9.17, 15) is 0 Å². The number of aryl methyl sites for hydroxylation is 2. The van der Waals surface area contributed by atoms with Gasteiger partial charge in [0, 0.05) is 31.2 Å². The van der Waals surface area contributed by atoms with Crippen molar-refractivity contribution in [3.05, 3.63) is 54.0 Å². The van der Waals surface area contributed by atoms with Crippen LogP contribution in [0.25, 0.3) is 28.4 Å². The van der Waals surface area contributed by atoms with Crippen LogP contribution in [0, 0.1) is 13.8 Å². The Hall–Kier alpha value is -3.52. The van der Waals surface area contributed by atoms with Crippen molar-refractivity contribution in [3.8, 4) is 22.8 Å². The zero-order valence-electron chi connectivity index (χ0n) is 17.0. The third-order valence-electron chi connectivity index (χ3n) is 5.24. The number of nitrogens with two attached hydrogens (primary N) is 1. The molecule has 152 valence electrons. The van der Waals surface area contributed by atoms with Crippen LogP contribution in [0.2, 0.25) is 0 Å². The zero-order valence-corrected chi connectivity index (χ0v) is 17.0. The van der Waals surface area contributed by atoms with E-state index in [-0.39, 0.29) is 5.95 Å². The first-order chi connectivity index (χ1) is 14.6. The Morgan fingerprint density at radius 1 is 1.00 bits per heavy atom. The molecule has 8 nitrogen and oxygen atoms in total. The smallest absolute Gasteiger partial charge is 0.220 e. The molecule has 4 aromatic heterocycles. The normalized spacial score (nSPS) is 14.4. The van der Waals surface area contributed by atoms with Crippen molar-refractivity contribution < 1.29 is 4.74 Å². The Bertz CT molecular complexity index is 1230. The predicted molar refractivity (Wildman–Crippen MR) is 116 cm³/mol. The minimum Gasteiger partial charge on any atom is -0.378 e. The fourth-order valence-corrected chi connectivity index (χ4v) is 3.90. The van der Waals surface area contributed by atoms with Crippen LogP contribution in [-0.4, -0.2) is 50.6 Å². The molecular weight excluding hydrogens is 378 g/mol. The van der Waals surface area contributed by atoms with E-state index in [4.69, 9.17) is 20.4 Å². The number of imidazole rings is 1. The van der Waals surface area contributed by atoms with Gasteiger partial charge >= 0.3 is 0 Å². The lowest BCUT2D eigenvalue weighted by atomic mass is 10.1. The summed E-state index contributed by atoms with van der Waals surface area (Å²) in [5.41, 5.74) is 13.1. The molecule has 0 amide bonds. The van der Waals surface area contributed by atoms with Gasteiger partial charge in [-0.1, -0.05) is 6.07 Å². The highest BCUT2D eigenvalue weighted by atomic mass is 16.5. The second-order valence-electron chi connectivity index (χ2n) is 7.47. The number of rotatable bonds is 3. The number of fused-ring (bicyclic) bond motifs is 1. The van der Waals surface area contributed by atoms with Gasteiger partial charge in [0.25, 0.3) is 0 Å². The Kier molecular flexibility index (Phi) is 4.55. The number of nitrogens with zero attached hydrogens (tertiary/aromatic N) is 6. The number of ether oxygens (including phenoxy) is 1. The average molecular weight is 401 g/mol. The van der Waals surface area contributed by atoms with Crippen LogP contribution in [-0.2, 0) is 4.74 Å². The van der Waals surface area contributed by atoms with Crippen molar-refractivity contribution >= 4 is 17.3 Å². The van der Waals surface area contributed by atoms with Gasteiger partial charge in [-0.15, -0.1) is 0 Å². The van der Waals surface area contributed by atoms with Gasteiger partial charge in [-0.3, -0.25) is 9.38 Å². The summed E-state index contributed by atoms with van der Waals surface area (Å²) in [5.74, 6) is 0.228. The van der Waals surface area contributed by atoms with Gasteiger partial charge in [0.1, 0.15) is 11.4 Å². The standard InChI is InChI=1S/C22H23N7O/c1-14-12-18(28-8-10-30-11-9-28)21-27-19(16-5-3-4-15(2)25-16)20(29(21)13-14)17-6-7-24-22(23)26-17/h3-7,12-13H,8-11H2,1-2H3,(H2,23,24,26). The number of anilines is 2. The number of nitrogen functional groups attached to an aromatic ring is 1. The maximum Gasteiger partial charge on any atom is 0.220 e. The fraction of sp³-hybridized carbons (Fsp3) is 0.273. The van der Waals surface area contributed by atoms with Crippen molar-refractivity contribution in [3.63, 3.8) is 0 Å². The van der Waals surface area contributed by atoms with E-state index in [0.717, 1.165) is 52.8 Å². The highest BCUT2D eigenvalue weighted by molar-refractivity contribution is 5.84. The summed E-state index contributed by atoms with van der Waals surface area (Å²) < 4.78 is 7.65. The molecule has 5 rings (SSSR count). The Labute approximate surface area is 174 Å². The number of hydrogen-bond donors (Lipinski definition) is 1. The molecule has 0 saturated carbocycles. The largest absolute Gasteiger partial charge is 0.378 e. The summed E-state index contributed by atoms with van der Waals surface area (Å²) in [6.45, 7) is 7.15. The van der Waals surface area contributed by atoms with E-state index in [2.05, 4.69) is 38.5 Å². The van der Waals surface area contributed by atoms with Crippen LogP contribution in [0.15, 0.2) is 42.7 Å². The van der Waals surface area contributed by atoms with E-state index in [1.807, 2.05) is 31.2 Å². The van der Waals surface area contributed by atoms with Crippen molar-refractivity contribution in [1.82, 2.24) is 24.3 Å². The summed E-state index contributed by atoms with van der Waals surface area (Å²) in [5, 5.41) is 0. The summed E-state index contributed by atoms with van der Waals surface area (Å²) in [6.07, 6.45) is 3.75. The highest BCUT2D eigenvalue weighted by Crippen LogP contribution is 2.35. The first kappa shape index (κ1) is 18.5. The molecule has 1 aliphatic heterocycles. The zero-order chi connectivity index (χ0) is 20.7. The third kappa shape index (κ3) is 3.25. The quantitative estimate of drug-likeness (QED) is 0.564.